The molecule has 0 aromatic carbocycles. The second kappa shape index (κ2) is 6.71. The zero-order valence-corrected chi connectivity index (χ0v) is 12.5. The van der Waals surface area contributed by atoms with Gasteiger partial charge in [-0.25, -0.2) is 4.98 Å². The van der Waals surface area contributed by atoms with E-state index in [-0.39, 0.29) is 12.5 Å². The van der Waals surface area contributed by atoms with Crippen molar-refractivity contribution < 1.29 is 14.7 Å². The molecule has 0 aliphatic carbocycles. The molecule has 1 unspecified atom stereocenters. The number of likely N-dealkylation sites (N-methyl/N-ethyl adjacent to an activating group) is 1. The van der Waals surface area contributed by atoms with Crippen LogP contribution in [0.3, 0.4) is 0 Å². The van der Waals surface area contributed by atoms with Crippen molar-refractivity contribution in [3.05, 3.63) is 18.2 Å². The molecular formula is C14H22N4O3. The number of rotatable bonds is 6. The van der Waals surface area contributed by atoms with Gasteiger partial charge in [-0.15, -0.1) is 0 Å². The van der Waals surface area contributed by atoms with Gasteiger partial charge in [0.25, 0.3) is 0 Å². The number of imidazole rings is 1. The molecule has 116 valence electrons. The van der Waals surface area contributed by atoms with E-state index in [0.717, 1.165) is 19.5 Å². The van der Waals surface area contributed by atoms with Crippen LogP contribution >= 0.6 is 0 Å². The summed E-state index contributed by atoms with van der Waals surface area (Å²) >= 11 is 0. The van der Waals surface area contributed by atoms with E-state index in [2.05, 4.69) is 9.88 Å². The van der Waals surface area contributed by atoms with Crippen LogP contribution < -0.4 is 0 Å². The van der Waals surface area contributed by atoms with Crippen LogP contribution in [0.2, 0.25) is 0 Å². The molecule has 7 nitrogen and oxygen atoms in total. The van der Waals surface area contributed by atoms with E-state index < -0.39 is 5.97 Å². The third-order valence-electron chi connectivity index (χ3n) is 3.92. The first kappa shape index (κ1) is 15.5. The minimum atomic E-state index is -0.908. The summed E-state index contributed by atoms with van der Waals surface area (Å²) < 4.78 is 1.57. The van der Waals surface area contributed by atoms with E-state index in [1.807, 2.05) is 19.0 Å². The lowest BCUT2D eigenvalue weighted by molar-refractivity contribution is -0.137. The maximum Gasteiger partial charge on any atom is 0.323 e. The van der Waals surface area contributed by atoms with Crippen LogP contribution in [-0.4, -0.2) is 69.6 Å². The normalized spacial score (nSPS) is 18.4. The molecule has 0 bridgehead atoms. The lowest BCUT2D eigenvalue weighted by Gasteiger charge is -2.20. The molecule has 0 spiro atoms. The Hall–Kier alpha value is -1.89. The number of likely N-dealkylation sites (tertiary alicyclic amines) is 1. The predicted octanol–water partition coefficient (Wildman–Crippen LogP) is 0.0628. The molecular weight excluding hydrogens is 272 g/mol. The smallest absolute Gasteiger partial charge is 0.323 e. The van der Waals surface area contributed by atoms with Crippen LogP contribution in [-0.2, 0) is 22.6 Å². The van der Waals surface area contributed by atoms with Crippen LogP contribution in [0.4, 0.5) is 0 Å². The second-order valence-corrected chi connectivity index (χ2v) is 5.61. The van der Waals surface area contributed by atoms with E-state index >= 15 is 0 Å². The number of carbonyl (C=O) groups excluding carboxylic acids is 1. The maximum atomic E-state index is 12.2. The first-order chi connectivity index (χ1) is 9.97. The fourth-order valence-electron chi connectivity index (χ4n) is 2.62. The number of carbonyl (C=O) groups is 2. The molecule has 1 amide bonds. The topological polar surface area (TPSA) is 78.7 Å². The average molecular weight is 294 g/mol. The Kier molecular flexibility index (Phi) is 4.95. The molecule has 2 rings (SSSR count). The highest BCUT2D eigenvalue weighted by atomic mass is 16.4. The van der Waals surface area contributed by atoms with Crippen molar-refractivity contribution in [1.29, 1.82) is 0 Å². The van der Waals surface area contributed by atoms with E-state index in [4.69, 9.17) is 5.11 Å². The molecule has 1 aromatic rings. The van der Waals surface area contributed by atoms with Gasteiger partial charge >= 0.3 is 5.97 Å². The zero-order valence-electron chi connectivity index (χ0n) is 12.5. The molecule has 1 aliphatic heterocycles. The van der Waals surface area contributed by atoms with Gasteiger partial charge in [-0.3, -0.25) is 9.59 Å². The van der Waals surface area contributed by atoms with Gasteiger partial charge in [-0.2, -0.15) is 0 Å². The number of carboxylic acids is 1. The van der Waals surface area contributed by atoms with Gasteiger partial charge in [-0.1, -0.05) is 0 Å². The van der Waals surface area contributed by atoms with E-state index in [0.29, 0.717) is 24.7 Å². The largest absolute Gasteiger partial charge is 0.480 e. The zero-order chi connectivity index (χ0) is 15.4. The molecule has 0 saturated carbocycles. The number of hydrogen-bond acceptors (Lipinski definition) is 4. The highest BCUT2D eigenvalue weighted by molar-refractivity contribution is 5.76. The Morgan fingerprint density at radius 2 is 2.24 bits per heavy atom. The third-order valence-corrected chi connectivity index (χ3v) is 3.92. The van der Waals surface area contributed by atoms with Crippen molar-refractivity contribution in [2.75, 3.05) is 27.2 Å². The van der Waals surface area contributed by atoms with Crippen molar-refractivity contribution in [1.82, 2.24) is 19.4 Å². The predicted molar refractivity (Wildman–Crippen MR) is 76.9 cm³/mol. The Labute approximate surface area is 124 Å². The number of aliphatic carboxylic acids is 1. The minimum absolute atomic E-state index is 0.115. The van der Waals surface area contributed by atoms with Crippen molar-refractivity contribution in [2.45, 2.75) is 31.8 Å². The first-order valence-corrected chi connectivity index (χ1v) is 7.13. The second-order valence-electron chi connectivity index (χ2n) is 5.61. The number of nitrogens with zero attached hydrogens (tertiary/aromatic N) is 4. The van der Waals surface area contributed by atoms with E-state index in [1.54, 1.807) is 17.0 Å². The van der Waals surface area contributed by atoms with Crippen LogP contribution in [0.25, 0.3) is 0 Å². The van der Waals surface area contributed by atoms with Gasteiger partial charge in [0.15, 0.2) is 0 Å². The number of hydrogen-bond donors (Lipinski definition) is 1. The van der Waals surface area contributed by atoms with E-state index in [9.17, 15) is 9.59 Å². The SMILES string of the molecule is CN(C)C1CCN(C(=O)CCc2nccn2CC(=O)O)C1. The van der Waals surface area contributed by atoms with E-state index in [1.165, 1.54) is 0 Å². The number of aromatic nitrogens is 2. The monoisotopic (exact) mass is 294 g/mol. The number of aryl methyl sites for hydroxylation is 1. The highest BCUT2D eigenvalue weighted by Crippen LogP contribution is 2.15. The molecule has 1 aromatic heterocycles. The Bertz CT molecular complexity index is 512. The molecule has 1 N–H and O–H groups in total. The summed E-state index contributed by atoms with van der Waals surface area (Å²) in [7, 11) is 4.06. The summed E-state index contributed by atoms with van der Waals surface area (Å²) in [6.45, 7) is 1.45. The number of carboxylic acid groups (broad SMARTS) is 1. The molecule has 2 heterocycles. The molecule has 1 aliphatic rings. The van der Waals surface area contributed by atoms with Crippen molar-refractivity contribution in [3.63, 3.8) is 0 Å². The van der Waals surface area contributed by atoms with Crippen LogP contribution in [0.5, 0.6) is 0 Å². The molecule has 21 heavy (non-hydrogen) atoms. The number of amides is 1. The Morgan fingerprint density at radius 3 is 2.86 bits per heavy atom. The third kappa shape index (κ3) is 4.04. The quantitative estimate of drug-likeness (QED) is 0.803. The summed E-state index contributed by atoms with van der Waals surface area (Å²) in [5, 5.41) is 8.81. The van der Waals surface area contributed by atoms with Crippen molar-refractivity contribution in [3.8, 4) is 0 Å². The molecule has 1 saturated heterocycles. The fraction of sp³-hybridized carbons (Fsp3) is 0.643. The fourth-order valence-corrected chi connectivity index (χ4v) is 2.62. The highest BCUT2D eigenvalue weighted by Gasteiger charge is 2.27. The van der Waals surface area contributed by atoms with Gasteiger partial charge in [0.1, 0.15) is 12.4 Å². The van der Waals surface area contributed by atoms with Gasteiger partial charge in [0, 0.05) is 44.4 Å². The first-order valence-electron chi connectivity index (χ1n) is 7.13. The average Bonchev–Trinajstić information content (AvgIpc) is 3.04. The molecule has 1 atom stereocenters. The van der Waals surface area contributed by atoms with Gasteiger partial charge < -0.3 is 19.5 Å². The van der Waals surface area contributed by atoms with Gasteiger partial charge in [-0.05, 0) is 20.5 Å². The molecule has 1 fully saturated rings. The minimum Gasteiger partial charge on any atom is -0.480 e. The van der Waals surface area contributed by atoms with Crippen molar-refractivity contribution >= 4 is 11.9 Å². The standard InChI is InChI=1S/C14H22N4O3/c1-16(2)11-5-7-18(9-11)13(19)4-3-12-15-6-8-17(12)10-14(20)21/h6,8,11H,3-5,7,9-10H2,1-2H3,(H,20,21). The van der Waals surface area contributed by atoms with Crippen molar-refractivity contribution in [2.24, 2.45) is 0 Å². The lowest BCUT2D eigenvalue weighted by Crippen LogP contribution is -2.34. The summed E-state index contributed by atoms with van der Waals surface area (Å²) in [6.07, 6.45) is 5.05. The summed E-state index contributed by atoms with van der Waals surface area (Å²) in [4.78, 5) is 31.1. The van der Waals surface area contributed by atoms with Crippen LogP contribution in [0, 0.1) is 0 Å². The summed E-state index contributed by atoms with van der Waals surface area (Å²) in [5.74, 6) is -0.146. The summed E-state index contributed by atoms with van der Waals surface area (Å²) in [6, 6.07) is 0.433. The Morgan fingerprint density at radius 1 is 1.48 bits per heavy atom. The van der Waals surface area contributed by atoms with Crippen LogP contribution in [0.1, 0.15) is 18.7 Å². The maximum absolute atomic E-state index is 12.2. The van der Waals surface area contributed by atoms with Crippen LogP contribution in [0.15, 0.2) is 12.4 Å². The molecule has 0 radical (unpaired) electrons. The van der Waals surface area contributed by atoms with Gasteiger partial charge in [0.2, 0.25) is 5.91 Å². The van der Waals surface area contributed by atoms with Gasteiger partial charge in [0.05, 0.1) is 0 Å². The Balaban J connectivity index is 1.85. The summed E-state index contributed by atoms with van der Waals surface area (Å²) in [5.41, 5.74) is 0. The molecule has 7 heteroatoms. The lowest BCUT2D eigenvalue weighted by atomic mass is 10.2.